The molecule has 6 nitrogen and oxygen atoms in total. The molecule has 0 saturated heterocycles. The first-order valence-electron chi connectivity index (χ1n) is 5.34. The van der Waals surface area contributed by atoms with Gasteiger partial charge in [-0.3, -0.25) is 4.79 Å². The highest BCUT2D eigenvalue weighted by Gasteiger charge is 2.27. The highest BCUT2D eigenvalue weighted by Crippen LogP contribution is 2.13. The molecule has 7 heteroatoms. The molecular formula is C11H16N2O4S. The second kappa shape index (κ2) is 5.36. The van der Waals surface area contributed by atoms with Crippen molar-refractivity contribution in [3.63, 3.8) is 0 Å². The van der Waals surface area contributed by atoms with Crippen molar-refractivity contribution in [2.24, 2.45) is 5.92 Å². The Kier molecular flexibility index (Phi) is 4.31. The average Bonchev–Trinajstić information content (AvgIpc) is 2.26. The van der Waals surface area contributed by atoms with Crippen LogP contribution in [0.25, 0.3) is 0 Å². The summed E-state index contributed by atoms with van der Waals surface area (Å²) in [4.78, 5) is 10.9. The van der Waals surface area contributed by atoms with Gasteiger partial charge < -0.3 is 10.8 Å². The van der Waals surface area contributed by atoms with Crippen molar-refractivity contribution in [3.05, 3.63) is 24.3 Å². The van der Waals surface area contributed by atoms with Crippen LogP contribution in [-0.4, -0.2) is 25.5 Å². The Morgan fingerprint density at radius 2 is 1.78 bits per heavy atom. The van der Waals surface area contributed by atoms with E-state index in [4.69, 9.17) is 10.8 Å². The third kappa shape index (κ3) is 3.44. The molecule has 0 bridgehead atoms. The lowest BCUT2D eigenvalue weighted by molar-refractivity contribution is -0.140. The number of nitrogens with two attached hydrogens (primary N) is 1. The molecule has 100 valence electrons. The number of carbonyl (C=O) groups is 1. The summed E-state index contributed by atoms with van der Waals surface area (Å²) in [6.07, 6.45) is 0. The van der Waals surface area contributed by atoms with Crippen molar-refractivity contribution < 1.29 is 18.3 Å². The average molecular weight is 272 g/mol. The molecule has 0 radical (unpaired) electrons. The molecule has 4 N–H and O–H groups in total. The van der Waals surface area contributed by atoms with Crippen LogP contribution < -0.4 is 10.5 Å². The van der Waals surface area contributed by atoms with Gasteiger partial charge in [-0.15, -0.1) is 0 Å². The minimum absolute atomic E-state index is 0.0106. The van der Waals surface area contributed by atoms with Gasteiger partial charge in [0.25, 0.3) is 0 Å². The van der Waals surface area contributed by atoms with Gasteiger partial charge in [-0.2, -0.15) is 4.72 Å². The van der Waals surface area contributed by atoms with Gasteiger partial charge in [0.05, 0.1) is 4.90 Å². The number of hydrogen-bond donors (Lipinski definition) is 3. The van der Waals surface area contributed by atoms with Crippen molar-refractivity contribution >= 4 is 21.7 Å². The summed E-state index contributed by atoms with van der Waals surface area (Å²) in [5, 5.41) is 8.95. The van der Waals surface area contributed by atoms with E-state index in [9.17, 15) is 13.2 Å². The monoisotopic (exact) mass is 272 g/mol. The van der Waals surface area contributed by atoms with Crippen LogP contribution in [-0.2, 0) is 14.8 Å². The molecular weight excluding hydrogens is 256 g/mol. The molecule has 0 saturated carbocycles. The molecule has 0 aromatic heterocycles. The van der Waals surface area contributed by atoms with Crippen LogP contribution in [0.1, 0.15) is 13.8 Å². The largest absolute Gasteiger partial charge is 0.480 e. The number of carboxylic acids is 1. The number of hydrogen-bond acceptors (Lipinski definition) is 4. The normalized spacial score (nSPS) is 13.5. The van der Waals surface area contributed by atoms with Gasteiger partial charge in [-0.25, -0.2) is 8.42 Å². The molecule has 0 spiro atoms. The van der Waals surface area contributed by atoms with Crippen molar-refractivity contribution in [1.29, 1.82) is 0 Å². The maximum atomic E-state index is 11.9. The van der Waals surface area contributed by atoms with E-state index in [0.717, 1.165) is 0 Å². The van der Waals surface area contributed by atoms with Gasteiger partial charge in [0, 0.05) is 5.69 Å². The zero-order valence-corrected chi connectivity index (χ0v) is 10.9. The molecule has 0 heterocycles. The number of sulfonamides is 1. The van der Waals surface area contributed by atoms with Crippen LogP contribution in [0.5, 0.6) is 0 Å². The van der Waals surface area contributed by atoms with Gasteiger partial charge in [0.2, 0.25) is 10.0 Å². The van der Waals surface area contributed by atoms with E-state index >= 15 is 0 Å². The van der Waals surface area contributed by atoms with E-state index in [0.29, 0.717) is 5.69 Å². The SMILES string of the molecule is CC(C)[C@H](NS(=O)(=O)c1ccc(N)cc1)C(=O)O. The topological polar surface area (TPSA) is 109 Å². The molecule has 0 fully saturated rings. The zero-order valence-electron chi connectivity index (χ0n) is 10.1. The Balaban J connectivity index is 3.01. The van der Waals surface area contributed by atoms with Crippen molar-refractivity contribution in [1.82, 2.24) is 4.72 Å². The fraction of sp³-hybridized carbons (Fsp3) is 0.364. The third-order valence-electron chi connectivity index (χ3n) is 2.41. The fourth-order valence-electron chi connectivity index (χ4n) is 1.35. The minimum atomic E-state index is -3.85. The van der Waals surface area contributed by atoms with Gasteiger partial charge in [0.1, 0.15) is 6.04 Å². The van der Waals surface area contributed by atoms with E-state index in [2.05, 4.69) is 4.72 Å². The highest BCUT2D eigenvalue weighted by molar-refractivity contribution is 7.89. The van der Waals surface area contributed by atoms with Gasteiger partial charge in [-0.05, 0) is 30.2 Å². The number of aliphatic carboxylic acids is 1. The van der Waals surface area contributed by atoms with Crippen LogP contribution in [0.3, 0.4) is 0 Å². The van der Waals surface area contributed by atoms with Gasteiger partial charge in [-0.1, -0.05) is 13.8 Å². The standard InChI is InChI=1S/C11H16N2O4S/c1-7(2)10(11(14)15)13-18(16,17)9-5-3-8(12)4-6-9/h3-7,10,13H,12H2,1-2H3,(H,14,15)/t10-/m0/s1. The predicted molar refractivity (Wildman–Crippen MR) is 67.4 cm³/mol. The van der Waals surface area contributed by atoms with Crippen LogP contribution in [0.2, 0.25) is 0 Å². The smallest absolute Gasteiger partial charge is 0.322 e. The van der Waals surface area contributed by atoms with Crippen LogP contribution in [0.4, 0.5) is 5.69 Å². The Morgan fingerprint density at radius 1 is 1.28 bits per heavy atom. The first kappa shape index (κ1) is 14.5. The summed E-state index contributed by atoms with van der Waals surface area (Å²) < 4.78 is 26.1. The molecule has 1 atom stereocenters. The van der Waals surface area contributed by atoms with Crippen LogP contribution in [0.15, 0.2) is 29.2 Å². The summed E-state index contributed by atoms with van der Waals surface area (Å²) in [5.74, 6) is -1.56. The van der Waals surface area contributed by atoms with Crippen LogP contribution in [0, 0.1) is 5.92 Å². The lowest BCUT2D eigenvalue weighted by Gasteiger charge is -2.17. The number of nitrogen functional groups attached to an aromatic ring is 1. The van der Waals surface area contributed by atoms with E-state index in [-0.39, 0.29) is 10.8 Å². The maximum absolute atomic E-state index is 11.9. The fourth-order valence-corrected chi connectivity index (χ4v) is 2.69. The van der Waals surface area contributed by atoms with Gasteiger partial charge >= 0.3 is 5.97 Å². The van der Waals surface area contributed by atoms with Crippen LogP contribution >= 0.6 is 0 Å². The molecule has 1 rings (SSSR count). The Morgan fingerprint density at radius 3 is 2.17 bits per heavy atom. The lowest BCUT2D eigenvalue weighted by Crippen LogP contribution is -2.44. The second-order valence-electron chi connectivity index (χ2n) is 4.25. The maximum Gasteiger partial charge on any atom is 0.322 e. The lowest BCUT2D eigenvalue weighted by atomic mass is 10.1. The number of rotatable bonds is 5. The molecule has 1 aromatic carbocycles. The van der Waals surface area contributed by atoms with E-state index in [1.165, 1.54) is 24.3 Å². The summed E-state index contributed by atoms with van der Waals surface area (Å²) in [5.41, 5.74) is 5.90. The molecule has 1 aromatic rings. The van der Waals surface area contributed by atoms with Crippen molar-refractivity contribution in [3.8, 4) is 0 Å². The first-order valence-corrected chi connectivity index (χ1v) is 6.83. The summed E-state index contributed by atoms with van der Waals surface area (Å²) in [7, 11) is -3.85. The number of anilines is 1. The molecule has 0 aliphatic heterocycles. The third-order valence-corrected chi connectivity index (χ3v) is 3.86. The first-order chi connectivity index (χ1) is 8.24. The molecule has 0 unspecified atom stereocenters. The zero-order chi connectivity index (χ0) is 13.9. The summed E-state index contributed by atoms with van der Waals surface area (Å²) >= 11 is 0. The summed E-state index contributed by atoms with van der Waals surface area (Å²) in [6, 6.07) is 4.39. The molecule has 0 aliphatic carbocycles. The Hall–Kier alpha value is -1.60. The summed E-state index contributed by atoms with van der Waals surface area (Å²) in [6.45, 7) is 3.26. The Labute approximate surface area is 106 Å². The minimum Gasteiger partial charge on any atom is -0.480 e. The number of nitrogens with one attached hydrogen (secondary N) is 1. The van der Waals surface area contributed by atoms with E-state index in [1.807, 2.05) is 0 Å². The molecule has 18 heavy (non-hydrogen) atoms. The Bertz CT molecular complexity index is 522. The van der Waals surface area contributed by atoms with E-state index in [1.54, 1.807) is 13.8 Å². The second-order valence-corrected chi connectivity index (χ2v) is 5.96. The predicted octanol–water partition coefficient (Wildman–Crippen LogP) is 0.656. The molecule has 0 aliphatic rings. The van der Waals surface area contributed by atoms with Crippen molar-refractivity contribution in [2.45, 2.75) is 24.8 Å². The quantitative estimate of drug-likeness (QED) is 0.682. The number of carboxylic acid groups (broad SMARTS) is 1. The highest BCUT2D eigenvalue weighted by atomic mass is 32.2. The van der Waals surface area contributed by atoms with Gasteiger partial charge in [0.15, 0.2) is 0 Å². The van der Waals surface area contributed by atoms with Crippen molar-refractivity contribution in [2.75, 3.05) is 5.73 Å². The molecule has 0 amide bonds. The number of benzene rings is 1. The van der Waals surface area contributed by atoms with E-state index < -0.39 is 22.0 Å².